The van der Waals surface area contributed by atoms with Crippen molar-refractivity contribution in [2.24, 2.45) is 0 Å². The van der Waals surface area contributed by atoms with E-state index in [4.69, 9.17) is 10.5 Å². The van der Waals surface area contributed by atoms with E-state index in [-0.39, 0.29) is 11.9 Å². The van der Waals surface area contributed by atoms with E-state index in [0.717, 1.165) is 16.0 Å². The smallest absolute Gasteiger partial charge is 0.350 e. The summed E-state index contributed by atoms with van der Waals surface area (Å²) in [6.45, 7) is 8.35. The van der Waals surface area contributed by atoms with Gasteiger partial charge in [-0.1, -0.05) is 32.0 Å². The summed E-state index contributed by atoms with van der Waals surface area (Å²) in [6, 6.07) is 6.33. The van der Waals surface area contributed by atoms with Gasteiger partial charge in [0.2, 0.25) is 0 Å². The van der Waals surface area contributed by atoms with Crippen LogP contribution in [0, 0.1) is 13.8 Å². The molecular formula is C17H21NO2S. The number of carbonyl (C=O) groups is 1. The Morgan fingerprint density at radius 2 is 1.90 bits per heavy atom. The lowest BCUT2D eigenvalue weighted by molar-refractivity contribution is 0.0607. The molecule has 1 aromatic heterocycles. The maximum absolute atomic E-state index is 11.9. The Kier molecular flexibility index (Phi) is 4.37. The minimum absolute atomic E-state index is 0.247. The van der Waals surface area contributed by atoms with Crippen LogP contribution in [0.25, 0.3) is 10.4 Å². The molecule has 0 saturated carbocycles. The molecule has 21 heavy (non-hydrogen) atoms. The summed E-state index contributed by atoms with van der Waals surface area (Å²) in [5.74, 6) is -0.120. The highest BCUT2D eigenvalue weighted by molar-refractivity contribution is 7.18. The molecule has 2 N–H and O–H groups in total. The van der Waals surface area contributed by atoms with Gasteiger partial charge in [0.1, 0.15) is 4.88 Å². The lowest BCUT2D eigenvalue weighted by atomic mass is 9.96. The van der Waals surface area contributed by atoms with Gasteiger partial charge in [0, 0.05) is 4.88 Å². The number of thiophene rings is 1. The summed E-state index contributed by atoms with van der Waals surface area (Å²) in [6.07, 6.45) is 0. The highest BCUT2D eigenvalue weighted by Crippen LogP contribution is 2.43. The van der Waals surface area contributed by atoms with Crippen molar-refractivity contribution >= 4 is 23.0 Å². The van der Waals surface area contributed by atoms with Gasteiger partial charge in [-0.25, -0.2) is 4.79 Å². The number of nitrogen functional groups attached to an aromatic ring is 1. The maximum atomic E-state index is 11.9. The number of hydrogen-bond acceptors (Lipinski definition) is 4. The first-order chi connectivity index (χ1) is 9.86. The van der Waals surface area contributed by atoms with E-state index in [2.05, 4.69) is 45.9 Å². The molecule has 0 aliphatic rings. The molecule has 112 valence electrons. The summed E-state index contributed by atoms with van der Waals surface area (Å²) in [5, 5.41) is 0. The number of rotatable bonds is 3. The fourth-order valence-electron chi connectivity index (χ4n) is 2.37. The average molecular weight is 303 g/mol. The molecule has 0 fully saturated rings. The van der Waals surface area contributed by atoms with Gasteiger partial charge < -0.3 is 10.5 Å². The molecule has 0 aliphatic heterocycles. The van der Waals surface area contributed by atoms with Gasteiger partial charge in [0.15, 0.2) is 0 Å². The molecule has 0 aliphatic carbocycles. The summed E-state index contributed by atoms with van der Waals surface area (Å²) >= 11 is 1.42. The molecule has 1 aromatic carbocycles. The van der Waals surface area contributed by atoms with Crippen LogP contribution >= 0.6 is 11.3 Å². The van der Waals surface area contributed by atoms with Crippen molar-refractivity contribution in [3.05, 3.63) is 39.8 Å². The SMILES string of the molecule is COC(=O)c1sc(-c2ccc(C)c(C)c2)c(C(C)C)c1N. The molecule has 1 heterocycles. The Balaban J connectivity index is 2.67. The quantitative estimate of drug-likeness (QED) is 0.848. The van der Waals surface area contributed by atoms with Crippen LogP contribution in [-0.2, 0) is 4.74 Å². The van der Waals surface area contributed by atoms with Crippen LogP contribution in [0.15, 0.2) is 18.2 Å². The molecular weight excluding hydrogens is 282 g/mol. The molecule has 0 spiro atoms. The topological polar surface area (TPSA) is 52.3 Å². The monoisotopic (exact) mass is 303 g/mol. The van der Waals surface area contributed by atoms with Gasteiger partial charge in [-0.05, 0) is 42.0 Å². The summed E-state index contributed by atoms with van der Waals surface area (Å²) in [4.78, 5) is 13.4. The molecule has 0 radical (unpaired) electrons. The van der Waals surface area contributed by atoms with Gasteiger partial charge in [0.05, 0.1) is 12.8 Å². The van der Waals surface area contributed by atoms with Gasteiger partial charge in [-0.15, -0.1) is 11.3 Å². The number of carbonyl (C=O) groups excluding carboxylic acids is 1. The summed E-state index contributed by atoms with van der Waals surface area (Å²) in [5.41, 5.74) is 11.4. The Labute approximate surface area is 129 Å². The molecule has 0 atom stereocenters. The van der Waals surface area contributed by atoms with E-state index in [1.807, 2.05) is 0 Å². The number of ether oxygens (including phenoxy) is 1. The van der Waals surface area contributed by atoms with Crippen LogP contribution in [-0.4, -0.2) is 13.1 Å². The number of methoxy groups -OCH3 is 1. The molecule has 4 heteroatoms. The van der Waals surface area contributed by atoms with Gasteiger partial charge in [0.25, 0.3) is 0 Å². The molecule has 0 bridgehead atoms. The maximum Gasteiger partial charge on any atom is 0.350 e. The molecule has 3 nitrogen and oxygen atoms in total. The standard InChI is InChI=1S/C17H21NO2S/c1-9(2)13-14(18)16(17(19)20-5)21-15(13)12-7-6-10(3)11(4)8-12/h6-9H,18H2,1-5H3. The molecule has 0 saturated heterocycles. The molecule has 0 amide bonds. The van der Waals surface area contributed by atoms with Crippen molar-refractivity contribution in [1.29, 1.82) is 0 Å². The van der Waals surface area contributed by atoms with E-state index in [9.17, 15) is 4.79 Å². The number of aryl methyl sites for hydroxylation is 2. The normalized spacial score (nSPS) is 11.0. The van der Waals surface area contributed by atoms with E-state index < -0.39 is 0 Å². The number of nitrogens with two attached hydrogens (primary N) is 1. The zero-order valence-corrected chi connectivity index (χ0v) is 13.9. The van der Waals surface area contributed by atoms with Crippen molar-refractivity contribution in [1.82, 2.24) is 0 Å². The van der Waals surface area contributed by atoms with Crippen LogP contribution < -0.4 is 5.73 Å². The summed E-state index contributed by atoms with van der Waals surface area (Å²) in [7, 11) is 1.38. The van der Waals surface area contributed by atoms with Gasteiger partial charge in [-0.2, -0.15) is 0 Å². The first-order valence-electron chi connectivity index (χ1n) is 6.94. The van der Waals surface area contributed by atoms with Crippen molar-refractivity contribution in [2.75, 3.05) is 12.8 Å². The molecule has 2 aromatic rings. The predicted molar refractivity (Wildman–Crippen MR) is 89.1 cm³/mol. The number of benzene rings is 1. The zero-order chi connectivity index (χ0) is 15.7. The largest absolute Gasteiger partial charge is 0.465 e. The third-order valence-electron chi connectivity index (χ3n) is 3.70. The first-order valence-corrected chi connectivity index (χ1v) is 7.76. The Morgan fingerprint density at radius 1 is 1.24 bits per heavy atom. The molecule has 2 rings (SSSR count). The zero-order valence-electron chi connectivity index (χ0n) is 13.1. The second-order valence-corrected chi connectivity index (χ2v) is 6.55. The third kappa shape index (κ3) is 2.81. The van der Waals surface area contributed by atoms with E-state index in [0.29, 0.717) is 10.6 Å². The highest BCUT2D eigenvalue weighted by atomic mass is 32.1. The van der Waals surface area contributed by atoms with Gasteiger partial charge in [-0.3, -0.25) is 0 Å². The van der Waals surface area contributed by atoms with E-state index in [1.54, 1.807) is 0 Å². The Morgan fingerprint density at radius 3 is 2.43 bits per heavy atom. The van der Waals surface area contributed by atoms with Crippen molar-refractivity contribution in [3.63, 3.8) is 0 Å². The van der Waals surface area contributed by atoms with Crippen LogP contribution in [0.1, 0.15) is 46.1 Å². The van der Waals surface area contributed by atoms with Crippen LogP contribution in [0.2, 0.25) is 0 Å². The van der Waals surface area contributed by atoms with Crippen LogP contribution in [0.4, 0.5) is 5.69 Å². The third-order valence-corrected chi connectivity index (χ3v) is 4.95. The number of esters is 1. The van der Waals surface area contributed by atoms with Gasteiger partial charge >= 0.3 is 5.97 Å². The Hall–Kier alpha value is -1.81. The van der Waals surface area contributed by atoms with E-state index >= 15 is 0 Å². The second-order valence-electron chi connectivity index (χ2n) is 5.53. The lowest BCUT2D eigenvalue weighted by Gasteiger charge is -2.10. The fourth-order valence-corrected chi connectivity index (χ4v) is 3.66. The molecule has 0 unspecified atom stereocenters. The summed E-state index contributed by atoms with van der Waals surface area (Å²) < 4.78 is 4.84. The van der Waals surface area contributed by atoms with Crippen molar-refractivity contribution in [2.45, 2.75) is 33.6 Å². The second kappa shape index (κ2) is 5.90. The van der Waals surface area contributed by atoms with Crippen molar-refractivity contribution < 1.29 is 9.53 Å². The predicted octanol–water partition coefficient (Wildman–Crippen LogP) is 4.52. The van der Waals surface area contributed by atoms with Crippen LogP contribution in [0.3, 0.4) is 0 Å². The Bertz CT molecular complexity index is 686. The van der Waals surface area contributed by atoms with Crippen LogP contribution in [0.5, 0.6) is 0 Å². The van der Waals surface area contributed by atoms with Crippen molar-refractivity contribution in [3.8, 4) is 10.4 Å². The fraction of sp³-hybridized carbons (Fsp3) is 0.353. The minimum atomic E-state index is -0.366. The highest BCUT2D eigenvalue weighted by Gasteiger charge is 2.24. The lowest BCUT2D eigenvalue weighted by Crippen LogP contribution is -2.03. The number of hydrogen-bond donors (Lipinski definition) is 1. The average Bonchev–Trinajstić information content (AvgIpc) is 2.78. The minimum Gasteiger partial charge on any atom is -0.465 e. The van der Waals surface area contributed by atoms with E-state index in [1.165, 1.54) is 29.6 Å². The first kappa shape index (κ1) is 15.6. The number of anilines is 1.